The highest BCUT2D eigenvalue weighted by atomic mass is 16.3. The second-order valence-electron chi connectivity index (χ2n) is 6.13. The summed E-state index contributed by atoms with van der Waals surface area (Å²) in [4.78, 5) is 12.2. The van der Waals surface area contributed by atoms with Gasteiger partial charge in [0.15, 0.2) is 11.4 Å². The molecule has 23 heavy (non-hydrogen) atoms. The molecule has 0 radical (unpaired) electrons. The predicted octanol–water partition coefficient (Wildman–Crippen LogP) is 1.64. The first kappa shape index (κ1) is 15.6. The number of carbonyl (C=O) groups excluding carboxylic acids is 1. The second kappa shape index (κ2) is 6.04. The molecule has 6 nitrogen and oxygen atoms in total. The third-order valence-corrected chi connectivity index (χ3v) is 4.45. The topological polar surface area (TPSA) is 87.4 Å². The van der Waals surface area contributed by atoms with E-state index in [1.807, 2.05) is 31.2 Å². The van der Waals surface area contributed by atoms with E-state index in [1.54, 1.807) is 0 Å². The van der Waals surface area contributed by atoms with Crippen molar-refractivity contribution in [2.75, 3.05) is 13.2 Å². The van der Waals surface area contributed by atoms with E-state index in [4.69, 9.17) is 0 Å². The van der Waals surface area contributed by atoms with E-state index in [9.17, 15) is 15.0 Å². The number of benzene rings is 1. The normalized spacial score (nSPS) is 15.4. The van der Waals surface area contributed by atoms with Crippen LogP contribution < -0.4 is 5.32 Å². The summed E-state index contributed by atoms with van der Waals surface area (Å²) in [5.41, 5.74) is 1.75. The quantitative estimate of drug-likeness (QED) is 0.756. The van der Waals surface area contributed by atoms with Crippen LogP contribution in [0.3, 0.4) is 0 Å². The number of hydrogen-bond donors (Lipinski definition) is 3. The number of carbonyl (C=O) groups is 1. The van der Waals surface area contributed by atoms with Crippen molar-refractivity contribution >= 4 is 5.91 Å². The van der Waals surface area contributed by atoms with Gasteiger partial charge in [0.2, 0.25) is 0 Å². The van der Waals surface area contributed by atoms with Gasteiger partial charge in [-0.1, -0.05) is 25.1 Å². The van der Waals surface area contributed by atoms with Crippen LogP contribution in [0.15, 0.2) is 30.5 Å². The third-order valence-electron chi connectivity index (χ3n) is 4.45. The molecule has 122 valence electrons. The smallest absolute Gasteiger partial charge is 0.275 e. The fourth-order valence-electron chi connectivity index (χ4n) is 2.60. The minimum absolute atomic E-state index is 0.00430. The van der Waals surface area contributed by atoms with E-state index in [0.29, 0.717) is 6.54 Å². The Labute approximate surface area is 134 Å². The molecule has 6 heteroatoms. The van der Waals surface area contributed by atoms with Crippen molar-refractivity contribution in [1.82, 2.24) is 15.1 Å². The molecular formula is C17H21N3O3. The van der Waals surface area contributed by atoms with E-state index >= 15 is 0 Å². The zero-order valence-electron chi connectivity index (χ0n) is 13.1. The number of amides is 1. The maximum absolute atomic E-state index is 12.2. The fraction of sp³-hybridized carbons (Fsp3) is 0.412. The van der Waals surface area contributed by atoms with Crippen molar-refractivity contribution in [3.05, 3.63) is 41.7 Å². The van der Waals surface area contributed by atoms with Crippen molar-refractivity contribution in [2.24, 2.45) is 5.41 Å². The van der Waals surface area contributed by atoms with Gasteiger partial charge in [-0.2, -0.15) is 5.10 Å². The Bertz CT molecular complexity index is 720. The highest BCUT2D eigenvalue weighted by Crippen LogP contribution is 2.44. The van der Waals surface area contributed by atoms with Gasteiger partial charge in [-0.3, -0.25) is 4.79 Å². The molecule has 0 aliphatic heterocycles. The molecule has 1 saturated carbocycles. The molecule has 3 N–H and O–H groups in total. The van der Waals surface area contributed by atoms with Crippen LogP contribution in [-0.4, -0.2) is 39.1 Å². The molecule has 0 spiro atoms. The third kappa shape index (κ3) is 3.07. The SMILES string of the molecule is CCc1ccccc1-n1cc(O)c(C(=O)NCC2(CO)CC2)n1. The molecule has 1 fully saturated rings. The van der Waals surface area contributed by atoms with E-state index in [2.05, 4.69) is 10.4 Å². The average molecular weight is 315 g/mol. The number of aromatic nitrogens is 2. The summed E-state index contributed by atoms with van der Waals surface area (Å²) in [5.74, 6) is -0.572. The van der Waals surface area contributed by atoms with Crippen LogP contribution in [0.5, 0.6) is 5.75 Å². The molecule has 1 heterocycles. The van der Waals surface area contributed by atoms with Crippen molar-refractivity contribution in [3.8, 4) is 11.4 Å². The lowest BCUT2D eigenvalue weighted by molar-refractivity contribution is 0.0927. The van der Waals surface area contributed by atoms with Gasteiger partial charge in [-0.05, 0) is 30.9 Å². The number of rotatable bonds is 6. The molecule has 0 unspecified atom stereocenters. The van der Waals surface area contributed by atoms with Gasteiger partial charge in [0.1, 0.15) is 0 Å². The lowest BCUT2D eigenvalue weighted by atomic mass is 10.1. The number of nitrogens with one attached hydrogen (secondary N) is 1. The number of aromatic hydroxyl groups is 1. The van der Waals surface area contributed by atoms with Gasteiger partial charge in [-0.15, -0.1) is 0 Å². The van der Waals surface area contributed by atoms with Gasteiger partial charge in [-0.25, -0.2) is 4.68 Å². The minimum Gasteiger partial charge on any atom is -0.504 e. The number of nitrogens with zero attached hydrogens (tertiary/aromatic N) is 2. The van der Waals surface area contributed by atoms with Crippen LogP contribution in [0, 0.1) is 5.41 Å². The number of hydrogen-bond acceptors (Lipinski definition) is 4. The zero-order valence-corrected chi connectivity index (χ0v) is 13.1. The molecule has 1 aliphatic rings. The Kier molecular flexibility index (Phi) is 4.09. The summed E-state index contributed by atoms with van der Waals surface area (Å²) in [6, 6.07) is 7.73. The molecule has 0 bridgehead atoms. The monoisotopic (exact) mass is 315 g/mol. The largest absolute Gasteiger partial charge is 0.504 e. The summed E-state index contributed by atoms with van der Waals surface area (Å²) < 4.78 is 1.53. The first-order chi connectivity index (χ1) is 11.1. The molecule has 1 aromatic carbocycles. The summed E-state index contributed by atoms with van der Waals surface area (Å²) in [5, 5.41) is 26.3. The first-order valence-corrected chi connectivity index (χ1v) is 7.84. The Hall–Kier alpha value is -2.34. The van der Waals surface area contributed by atoms with Crippen LogP contribution in [0.4, 0.5) is 0 Å². The van der Waals surface area contributed by atoms with Crippen molar-refractivity contribution in [2.45, 2.75) is 26.2 Å². The van der Waals surface area contributed by atoms with Gasteiger partial charge >= 0.3 is 0 Å². The highest BCUT2D eigenvalue weighted by Gasteiger charge is 2.42. The minimum atomic E-state index is -0.421. The van der Waals surface area contributed by atoms with Gasteiger partial charge in [0, 0.05) is 12.0 Å². The van der Waals surface area contributed by atoms with Gasteiger partial charge in [0.05, 0.1) is 18.5 Å². The lowest BCUT2D eigenvalue weighted by Gasteiger charge is -2.11. The number of para-hydroxylation sites is 1. The van der Waals surface area contributed by atoms with Gasteiger partial charge in [0.25, 0.3) is 5.91 Å². The summed E-state index contributed by atoms with van der Waals surface area (Å²) in [6.45, 7) is 2.51. The Morgan fingerprint density at radius 1 is 1.39 bits per heavy atom. The Balaban J connectivity index is 1.79. The number of aliphatic hydroxyl groups is 1. The van der Waals surface area contributed by atoms with Crippen LogP contribution in [0.1, 0.15) is 35.8 Å². The number of aryl methyl sites for hydroxylation is 1. The molecular weight excluding hydrogens is 294 g/mol. The van der Waals surface area contributed by atoms with Gasteiger partial charge < -0.3 is 15.5 Å². The van der Waals surface area contributed by atoms with E-state index in [1.165, 1.54) is 10.9 Å². The fourth-order valence-corrected chi connectivity index (χ4v) is 2.60. The summed E-state index contributed by atoms with van der Waals surface area (Å²) >= 11 is 0. The molecule has 1 amide bonds. The second-order valence-corrected chi connectivity index (χ2v) is 6.13. The van der Waals surface area contributed by atoms with E-state index in [0.717, 1.165) is 30.5 Å². The lowest BCUT2D eigenvalue weighted by Crippen LogP contribution is -2.32. The van der Waals surface area contributed by atoms with Crippen molar-refractivity contribution < 1.29 is 15.0 Å². The maximum Gasteiger partial charge on any atom is 0.275 e. The maximum atomic E-state index is 12.2. The average Bonchev–Trinajstić information content (AvgIpc) is 3.27. The van der Waals surface area contributed by atoms with Crippen LogP contribution in [0.25, 0.3) is 5.69 Å². The standard InChI is InChI=1S/C17H21N3O3/c1-2-12-5-3-4-6-13(12)20-9-14(22)15(19-20)16(23)18-10-17(11-21)7-8-17/h3-6,9,21-22H,2,7-8,10-11H2,1H3,(H,18,23). The Morgan fingerprint density at radius 2 is 2.13 bits per heavy atom. The number of aliphatic hydroxyl groups excluding tert-OH is 1. The predicted molar refractivity (Wildman–Crippen MR) is 85.7 cm³/mol. The summed E-state index contributed by atoms with van der Waals surface area (Å²) in [7, 11) is 0. The first-order valence-electron chi connectivity index (χ1n) is 7.84. The van der Waals surface area contributed by atoms with Crippen LogP contribution >= 0.6 is 0 Å². The molecule has 0 saturated heterocycles. The highest BCUT2D eigenvalue weighted by molar-refractivity contribution is 5.94. The van der Waals surface area contributed by atoms with Crippen LogP contribution in [0.2, 0.25) is 0 Å². The molecule has 0 atom stereocenters. The zero-order chi connectivity index (χ0) is 16.4. The molecule has 1 aliphatic carbocycles. The molecule has 3 rings (SSSR count). The van der Waals surface area contributed by atoms with Crippen molar-refractivity contribution in [3.63, 3.8) is 0 Å². The van der Waals surface area contributed by atoms with E-state index < -0.39 is 5.91 Å². The summed E-state index contributed by atoms with van der Waals surface area (Å²) in [6.07, 6.45) is 4.10. The van der Waals surface area contributed by atoms with Crippen molar-refractivity contribution in [1.29, 1.82) is 0 Å². The van der Waals surface area contributed by atoms with Crippen LogP contribution in [-0.2, 0) is 6.42 Å². The molecule has 1 aromatic heterocycles. The Morgan fingerprint density at radius 3 is 2.78 bits per heavy atom. The molecule has 2 aromatic rings. The van der Waals surface area contributed by atoms with E-state index in [-0.39, 0.29) is 23.5 Å².